The lowest BCUT2D eigenvalue weighted by atomic mass is 10.1. The molecule has 0 unspecified atom stereocenters. The van der Waals surface area contributed by atoms with Gasteiger partial charge in [-0.2, -0.15) is 0 Å². The molecule has 0 radical (unpaired) electrons. The van der Waals surface area contributed by atoms with Crippen molar-refractivity contribution >= 4 is 11.7 Å². The highest BCUT2D eigenvalue weighted by atomic mass is 19.1. The van der Waals surface area contributed by atoms with Crippen molar-refractivity contribution in [2.24, 2.45) is 0 Å². The zero-order valence-electron chi connectivity index (χ0n) is 14.8. The maximum Gasteiger partial charge on any atom is 0.259 e. The van der Waals surface area contributed by atoms with Crippen LogP contribution in [0.15, 0.2) is 30.5 Å². The van der Waals surface area contributed by atoms with Gasteiger partial charge in [0.25, 0.3) is 5.91 Å². The molecular weight excluding hydrogens is 331 g/mol. The predicted molar refractivity (Wildman–Crippen MR) is 98.6 cm³/mol. The summed E-state index contributed by atoms with van der Waals surface area (Å²) in [6.45, 7) is 3.41. The highest BCUT2D eigenvalue weighted by molar-refractivity contribution is 5.99. The molecule has 5 nitrogen and oxygen atoms in total. The third-order valence-corrected chi connectivity index (χ3v) is 5.15. The van der Waals surface area contributed by atoms with Crippen molar-refractivity contribution in [2.75, 3.05) is 31.1 Å². The number of hydrogen-bond acceptors (Lipinski definition) is 4. The van der Waals surface area contributed by atoms with Crippen LogP contribution in [0.1, 0.15) is 42.5 Å². The number of aromatic nitrogens is 2. The van der Waals surface area contributed by atoms with E-state index in [2.05, 4.69) is 9.88 Å². The lowest BCUT2D eigenvalue weighted by Gasteiger charge is -2.28. The molecule has 2 aromatic rings. The minimum Gasteiger partial charge on any atom is -0.356 e. The van der Waals surface area contributed by atoms with Crippen LogP contribution in [-0.4, -0.2) is 47.0 Å². The molecule has 2 saturated heterocycles. The normalized spacial score (nSPS) is 17.6. The fraction of sp³-hybridized carbons (Fsp3) is 0.450. The van der Waals surface area contributed by atoms with Crippen LogP contribution < -0.4 is 4.90 Å². The maximum atomic E-state index is 13.2. The molecule has 0 aliphatic carbocycles. The molecule has 1 amide bonds. The highest BCUT2D eigenvalue weighted by Gasteiger charge is 2.26. The topological polar surface area (TPSA) is 49.3 Å². The molecule has 2 aliphatic rings. The molecule has 1 aromatic heterocycles. The Bertz CT molecular complexity index is 781. The van der Waals surface area contributed by atoms with Crippen molar-refractivity contribution in [3.63, 3.8) is 0 Å². The molecule has 6 heteroatoms. The first-order valence-electron chi connectivity index (χ1n) is 9.39. The molecule has 0 spiro atoms. The molecule has 2 fully saturated rings. The molecule has 2 aliphatic heterocycles. The highest BCUT2D eigenvalue weighted by Crippen LogP contribution is 2.27. The van der Waals surface area contributed by atoms with Crippen LogP contribution in [0.3, 0.4) is 0 Å². The van der Waals surface area contributed by atoms with Gasteiger partial charge in [-0.25, -0.2) is 14.4 Å². The van der Waals surface area contributed by atoms with Gasteiger partial charge in [0.05, 0.1) is 0 Å². The summed E-state index contributed by atoms with van der Waals surface area (Å²) in [5.41, 5.74) is 1.34. The van der Waals surface area contributed by atoms with Gasteiger partial charge in [-0.3, -0.25) is 4.79 Å². The zero-order chi connectivity index (χ0) is 17.9. The molecule has 0 N–H and O–H groups in total. The van der Waals surface area contributed by atoms with Gasteiger partial charge in [0.1, 0.15) is 17.2 Å². The summed E-state index contributed by atoms with van der Waals surface area (Å²) in [5, 5.41) is 0. The van der Waals surface area contributed by atoms with Crippen LogP contribution in [0, 0.1) is 5.82 Å². The summed E-state index contributed by atoms with van der Waals surface area (Å²) in [6.07, 6.45) is 7.15. The van der Waals surface area contributed by atoms with Gasteiger partial charge in [0, 0.05) is 37.9 Å². The average Bonchev–Trinajstić information content (AvgIpc) is 3.23. The number of nitrogens with zero attached hydrogens (tertiary/aromatic N) is 4. The number of rotatable bonds is 3. The van der Waals surface area contributed by atoms with Crippen molar-refractivity contribution in [1.82, 2.24) is 14.9 Å². The van der Waals surface area contributed by atoms with Gasteiger partial charge in [-0.1, -0.05) is 0 Å². The molecular formula is C20H23FN4O. The third-order valence-electron chi connectivity index (χ3n) is 5.15. The van der Waals surface area contributed by atoms with E-state index in [1.165, 1.54) is 18.6 Å². The second-order valence-corrected chi connectivity index (χ2v) is 6.98. The second-order valence-electron chi connectivity index (χ2n) is 6.98. The Balaban J connectivity index is 1.70. The summed E-state index contributed by atoms with van der Waals surface area (Å²) in [6, 6.07) is 6.15. The lowest BCUT2D eigenvalue weighted by Crippen LogP contribution is -2.37. The van der Waals surface area contributed by atoms with E-state index in [4.69, 9.17) is 4.98 Å². The van der Waals surface area contributed by atoms with Crippen LogP contribution in [0.4, 0.5) is 10.2 Å². The number of halogens is 1. The van der Waals surface area contributed by atoms with Crippen LogP contribution in [0.5, 0.6) is 0 Å². The van der Waals surface area contributed by atoms with Crippen molar-refractivity contribution in [1.29, 1.82) is 0 Å². The van der Waals surface area contributed by atoms with E-state index in [0.29, 0.717) is 17.2 Å². The number of anilines is 1. The second kappa shape index (κ2) is 7.40. The summed E-state index contributed by atoms with van der Waals surface area (Å²) in [4.78, 5) is 26.3. The minimum absolute atomic E-state index is 0.0252. The fourth-order valence-corrected chi connectivity index (χ4v) is 3.70. The molecule has 0 saturated carbocycles. The first-order valence-corrected chi connectivity index (χ1v) is 9.39. The number of carbonyl (C=O) groups excluding carboxylic acids is 1. The Labute approximate surface area is 152 Å². The molecule has 136 valence electrons. The fourth-order valence-electron chi connectivity index (χ4n) is 3.70. The van der Waals surface area contributed by atoms with Gasteiger partial charge >= 0.3 is 0 Å². The van der Waals surface area contributed by atoms with E-state index < -0.39 is 0 Å². The minimum atomic E-state index is -0.287. The van der Waals surface area contributed by atoms with Gasteiger partial charge in [-0.05, 0) is 56.4 Å². The van der Waals surface area contributed by atoms with E-state index in [9.17, 15) is 9.18 Å². The summed E-state index contributed by atoms with van der Waals surface area (Å²) >= 11 is 0. The van der Waals surface area contributed by atoms with Crippen molar-refractivity contribution in [3.05, 3.63) is 41.8 Å². The third kappa shape index (κ3) is 3.41. The summed E-state index contributed by atoms with van der Waals surface area (Å²) < 4.78 is 13.2. The number of piperidine rings is 1. The van der Waals surface area contributed by atoms with Gasteiger partial charge in [0.15, 0.2) is 5.82 Å². The first-order chi connectivity index (χ1) is 12.7. The first kappa shape index (κ1) is 16.9. The molecule has 0 atom stereocenters. The van der Waals surface area contributed by atoms with E-state index in [-0.39, 0.29) is 11.7 Å². The van der Waals surface area contributed by atoms with Crippen LogP contribution >= 0.6 is 0 Å². The van der Waals surface area contributed by atoms with Gasteiger partial charge in [0.2, 0.25) is 0 Å². The summed E-state index contributed by atoms with van der Waals surface area (Å²) in [5.74, 6) is 0.983. The Morgan fingerprint density at radius 1 is 0.923 bits per heavy atom. The predicted octanol–water partition coefficient (Wildman–Crippen LogP) is 3.51. The Hall–Kier alpha value is -2.50. The van der Waals surface area contributed by atoms with Gasteiger partial charge in [-0.15, -0.1) is 0 Å². The van der Waals surface area contributed by atoms with Crippen LogP contribution in [0.25, 0.3) is 11.4 Å². The van der Waals surface area contributed by atoms with Crippen molar-refractivity contribution < 1.29 is 9.18 Å². The van der Waals surface area contributed by atoms with Gasteiger partial charge < -0.3 is 9.80 Å². The SMILES string of the molecule is O=C(c1cnc(-c2ccc(F)cc2)nc1N1CCCC1)N1CCCCC1. The number of likely N-dealkylation sites (tertiary alicyclic amines) is 1. The number of amides is 1. The Morgan fingerprint density at radius 2 is 1.58 bits per heavy atom. The maximum absolute atomic E-state index is 13.2. The molecule has 4 rings (SSSR count). The largest absolute Gasteiger partial charge is 0.356 e. The van der Waals surface area contributed by atoms with Crippen LogP contribution in [0.2, 0.25) is 0 Å². The summed E-state index contributed by atoms with van der Waals surface area (Å²) in [7, 11) is 0. The van der Waals surface area contributed by atoms with Crippen LogP contribution in [-0.2, 0) is 0 Å². The molecule has 3 heterocycles. The number of hydrogen-bond donors (Lipinski definition) is 0. The van der Waals surface area contributed by atoms with E-state index in [1.54, 1.807) is 18.3 Å². The molecule has 26 heavy (non-hydrogen) atoms. The Kier molecular flexibility index (Phi) is 4.82. The number of benzene rings is 1. The van der Waals surface area contributed by atoms with E-state index >= 15 is 0 Å². The molecule has 1 aromatic carbocycles. The smallest absolute Gasteiger partial charge is 0.259 e. The quantitative estimate of drug-likeness (QED) is 0.846. The standard InChI is InChI=1S/C20H23FN4O/c21-16-8-6-15(7-9-16)18-22-14-17(19(23-18)24-10-4-5-11-24)20(26)25-12-2-1-3-13-25/h6-9,14H,1-5,10-13H2. The number of carbonyl (C=O) groups is 1. The van der Waals surface area contributed by atoms with E-state index in [0.717, 1.165) is 57.4 Å². The zero-order valence-corrected chi connectivity index (χ0v) is 14.8. The lowest BCUT2D eigenvalue weighted by molar-refractivity contribution is 0.0724. The van der Waals surface area contributed by atoms with Crippen molar-refractivity contribution in [3.8, 4) is 11.4 Å². The average molecular weight is 354 g/mol. The molecule has 0 bridgehead atoms. The van der Waals surface area contributed by atoms with E-state index in [1.807, 2.05) is 4.90 Å². The van der Waals surface area contributed by atoms with Crippen molar-refractivity contribution in [2.45, 2.75) is 32.1 Å². The Morgan fingerprint density at radius 3 is 2.27 bits per heavy atom. The monoisotopic (exact) mass is 354 g/mol.